The number of aliphatic hydroxyl groups is 1. The number of morpholine rings is 1. The van der Waals surface area contributed by atoms with Crippen molar-refractivity contribution in [2.75, 3.05) is 19.8 Å². The molecule has 0 aromatic rings. The summed E-state index contributed by atoms with van der Waals surface area (Å²) in [5.41, 5.74) is 0. The number of quaternary nitrogens is 1. The second-order valence-electron chi connectivity index (χ2n) is 2.27. The molecule has 3 nitrogen and oxygen atoms in total. The lowest BCUT2D eigenvalue weighted by Gasteiger charge is -2.23. The second kappa shape index (κ2) is 3.20. The van der Waals surface area contributed by atoms with Crippen LogP contribution in [0.4, 0.5) is 0 Å². The van der Waals surface area contributed by atoms with Crippen molar-refractivity contribution < 1.29 is 15.2 Å². The van der Waals surface area contributed by atoms with E-state index < -0.39 is 0 Å². The van der Waals surface area contributed by atoms with Crippen molar-refractivity contribution in [3.63, 3.8) is 0 Å². The zero-order valence-electron chi connectivity index (χ0n) is 5.29. The fraction of sp³-hybridized carbons (Fsp3) is 1.00. The lowest BCUT2D eigenvalue weighted by atomic mass is 9.96. The van der Waals surface area contributed by atoms with Crippen LogP contribution in [0.5, 0.6) is 0 Å². The predicted octanol–water partition coefficient (Wildman–Crippen LogP) is -2.56. The molecule has 1 aliphatic rings. The minimum atomic E-state index is -0.00944. The monoisotopic (exact) mass is 128 g/mol. The van der Waals surface area contributed by atoms with Gasteiger partial charge in [-0.05, 0) is 0 Å². The molecule has 3 N–H and O–H groups in total. The first-order chi connectivity index (χ1) is 4.33. The Kier molecular flexibility index (Phi) is 2.51. The lowest BCUT2D eigenvalue weighted by Crippen LogP contribution is -2.95. The van der Waals surface area contributed by atoms with Crippen molar-refractivity contribution in [3.05, 3.63) is 0 Å². The van der Waals surface area contributed by atoms with Gasteiger partial charge in [-0.1, -0.05) is 0 Å². The maximum atomic E-state index is 8.59. The average Bonchev–Trinajstić information content (AvgIpc) is 1.90. The van der Waals surface area contributed by atoms with Crippen LogP contribution in [0.3, 0.4) is 0 Å². The van der Waals surface area contributed by atoms with E-state index >= 15 is 0 Å². The number of hydrogen-bond acceptors (Lipinski definition) is 2. The van der Waals surface area contributed by atoms with Crippen molar-refractivity contribution >= 4 is 7.85 Å². The minimum Gasteiger partial charge on any atom is -0.393 e. The largest absolute Gasteiger partial charge is 0.393 e. The van der Waals surface area contributed by atoms with E-state index in [9.17, 15) is 0 Å². The van der Waals surface area contributed by atoms with Gasteiger partial charge in [-0.2, -0.15) is 0 Å². The molecule has 0 bridgehead atoms. The van der Waals surface area contributed by atoms with Gasteiger partial charge in [-0.3, -0.25) is 0 Å². The van der Waals surface area contributed by atoms with Gasteiger partial charge in [0, 0.05) is 0 Å². The third kappa shape index (κ3) is 1.97. The van der Waals surface area contributed by atoms with E-state index in [2.05, 4.69) is 0 Å². The van der Waals surface area contributed by atoms with E-state index in [-0.39, 0.29) is 18.7 Å². The Balaban J connectivity index is 2.18. The Morgan fingerprint density at radius 2 is 2.56 bits per heavy atom. The van der Waals surface area contributed by atoms with E-state index in [0.717, 1.165) is 6.54 Å². The zero-order chi connectivity index (χ0) is 6.69. The van der Waals surface area contributed by atoms with Crippen LogP contribution in [-0.4, -0.2) is 44.8 Å². The van der Waals surface area contributed by atoms with E-state index in [1.54, 1.807) is 0 Å². The third-order valence-corrected chi connectivity index (χ3v) is 1.43. The summed E-state index contributed by atoms with van der Waals surface area (Å²) in [5.74, 6) is 0.0628. The van der Waals surface area contributed by atoms with Gasteiger partial charge in [-0.15, -0.1) is 0 Å². The lowest BCUT2D eigenvalue weighted by molar-refractivity contribution is -0.693. The Bertz CT molecular complexity index is 83.0. The molecule has 1 heterocycles. The molecule has 4 heteroatoms. The molecular formula is C5H11BNO2+. The third-order valence-electron chi connectivity index (χ3n) is 1.43. The van der Waals surface area contributed by atoms with Gasteiger partial charge in [0.25, 0.3) is 0 Å². The van der Waals surface area contributed by atoms with Crippen molar-refractivity contribution in [2.24, 2.45) is 0 Å². The van der Waals surface area contributed by atoms with Crippen LogP contribution >= 0.6 is 0 Å². The highest BCUT2D eigenvalue weighted by Crippen LogP contribution is 1.90. The molecule has 0 aliphatic carbocycles. The van der Waals surface area contributed by atoms with Crippen LogP contribution in [0, 0.1) is 0 Å². The summed E-state index contributed by atoms with van der Waals surface area (Å²) in [7, 11) is 5.49. The molecular weight excluding hydrogens is 117 g/mol. The standard InChI is InChI=1S/C5H10BNO2/c6-5-3-9-4(2-8)1-7-5/h4-5,7-8H,1-3H2/p+1. The molecule has 50 valence electrons. The first-order valence-electron chi connectivity index (χ1n) is 3.14. The van der Waals surface area contributed by atoms with Gasteiger partial charge in [-0.25, -0.2) is 0 Å². The number of ether oxygens (including phenoxy) is 1. The highest BCUT2D eigenvalue weighted by atomic mass is 16.5. The molecule has 0 aromatic carbocycles. The van der Waals surface area contributed by atoms with Crippen LogP contribution in [0.15, 0.2) is 0 Å². The molecule has 1 rings (SSSR count). The molecule has 9 heavy (non-hydrogen) atoms. The van der Waals surface area contributed by atoms with Gasteiger partial charge in [0.05, 0.1) is 19.2 Å². The molecule has 1 aliphatic heterocycles. The highest BCUT2D eigenvalue weighted by molar-refractivity contribution is 6.10. The first kappa shape index (κ1) is 7.06. The van der Waals surface area contributed by atoms with Crippen molar-refractivity contribution in [1.29, 1.82) is 0 Å². The summed E-state index contributed by atoms with van der Waals surface area (Å²) in [4.78, 5) is 0. The van der Waals surface area contributed by atoms with Gasteiger partial charge in [0.2, 0.25) is 0 Å². The van der Waals surface area contributed by atoms with Gasteiger partial charge in [0.1, 0.15) is 12.6 Å². The fourth-order valence-corrected chi connectivity index (χ4v) is 0.837. The van der Waals surface area contributed by atoms with Crippen LogP contribution < -0.4 is 5.32 Å². The van der Waals surface area contributed by atoms with E-state index in [1.165, 1.54) is 0 Å². The Labute approximate surface area is 55.8 Å². The SMILES string of the molecule is [B]C1COC(CO)C[NH2+]1. The zero-order valence-corrected chi connectivity index (χ0v) is 5.29. The van der Waals surface area contributed by atoms with Crippen LogP contribution in [-0.2, 0) is 4.74 Å². The van der Waals surface area contributed by atoms with Crippen molar-refractivity contribution in [1.82, 2.24) is 0 Å². The quantitative estimate of drug-likeness (QED) is 0.381. The van der Waals surface area contributed by atoms with Gasteiger partial charge >= 0.3 is 0 Å². The van der Waals surface area contributed by atoms with Crippen molar-refractivity contribution in [3.8, 4) is 0 Å². The number of nitrogens with two attached hydrogens (primary N) is 1. The summed E-state index contributed by atoms with van der Waals surface area (Å²) >= 11 is 0. The first-order valence-corrected chi connectivity index (χ1v) is 3.14. The molecule has 0 saturated carbocycles. The number of hydrogen-bond donors (Lipinski definition) is 2. The molecule has 2 atom stereocenters. The Morgan fingerprint density at radius 1 is 1.78 bits per heavy atom. The van der Waals surface area contributed by atoms with E-state index in [4.69, 9.17) is 17.7 Å². The molecule has 0 amide bonds. The van der Waals surface area contributed by atoms with Crippen LogP contribution in [0.2, 0.25) is 0 Å². The van der Waals surface area contributed by atoms with Crippen LogP contribution in [0.25, 0.3) is 0 Å². The average molecular weight is 128 g/mol. The topological polar surface area (TPSA) is 46.1 Å². The smallest absolute Gasteiger partial charge is 0.157 e. The number of aliphatic hydroxyl groups excluding tert-OH is 1. The van der Waals surface area contributed by atoms with Crippen molar-refractivity contribution in [2.45, 2.75) is 12.0 Å². The van der Waals surface area contributed by atoms with Crippen LogP contribution in [0.1, 0.15) is 0 Å². The molecule has 2 radical (unpaired) electrons. The van der Waals surface area contributed by atoms with Gasteiger partial charge in [0.15, 0.2) is 7.85 Å². The maximum absolute atomic E-state index is 8.59. The number of rotatable bonds is 1. The van der Waals surface area contributed by atoms with Gasteiger partial charge < -0.3 is 15.2 Å². The summed E-state index contributed by atoms with van der Waals surface area (Å²) in [6.45, 7) is 1.42. The van der Waals surface area contributed by atoms with E-state index in [1.807, 2.05) is 5.32 Å². The molecule has 0 aromatic heterocycles. The minimum absolute atomic E-state index is 0.00944. The normalized spacial score (nSPS) is 36.6. The maximum Gasteiger partial charge on any atom is 0.157 e. The molecule has 0 spiro atoms. The molecule has 1 fully saturated rings. The summed E-state index contributed by atoms with van der Waals surface area (Å²) < 4.78 is 5.13. The second-order valence-corrected chi connectivity index (χ2v) is 2.27. The Hall–Kier alpha value is -0.0551. The van der Waals surface area contributed by atoms with E-state index in [0.29, 0.717) is 6.61 Å². The molecule has 1 saturated heterocycles. The molecule has 2 unspecified atom stereocenters. The summed E-state index contributed by atoms with van der Waals surface area (Å²) in [6.07, 6.45) is -0.00944. The highest BCUT2D eigenvalue weighted by Gasteiger charge is 2.19. The summed E-state index contributed by atoms with van der Waals surface area (Å²) in [6, 6.07) is 0. The summed E-state index contributed by atoms with van der Waals surface area (Å²) in [5, 5.41) is 10.6. The fourth-order valence-electron chi connectivity index (χ4n) is 0.837. The Morgan fingerprint density at radius 3 is 3.00 bits per heavy atom. The predicted molar refractivity (Wildman–Crippen MR) is 33.2 cm³/mol.